The Morgan fingerprint density at radius 2 is 1.62 bits per heavy atom. The zero-order valence-electron chi connectivity index (χ0n) is 18.4. The van der Waals surface area contributed by atoms with Crippen molar-refractivity contribution in [2.45, 2.75) is 103 Å². The van der Waals surface area contributed by atoms with Gasteiger partial charge < -0.3 is 24.4 Å². The van der Waals surface area contributed by atoms with Crippen molar-refractivity contribution in [2.24, 2.45) is 0 Å². The summed E-state index contributed by atoms with van der Waals surface area (Å²) < 4.78 is 16.3. The molecule has 0 spiro atoms. The van der Waals surface area contributed by atoms with Crippen molar-refractivity contribution in [1.82, 2.24) is 10.2 Å². The number of ether oxygens (including phenoxy) is 3. The van der Waals surface area contributed by atoms with Crippen LogP contribution in [0, 0.1) is 0 Å². The summed E-state index contributed by atoms with van der Waals surface area (Å²) in [5.41, 5.74) is -1.54. The first kappa shape index (κ1) is 23.3. The van der Waals surface area contributed by atoms with Crippen LogP contribution in [0.25, 0.3) is 0 Å². The van der Waals surface area contributed by atoms with Gasteiger partial charge in [0.1, 0.15) is 17.2 Å². The molecule has 8 nitrogen and oxygen atoms in total. The molecule has 8 heteroatoms. The number of alkyl carbamates (subject to hydrolysis) is 1. The molecule has 1 saturated heterocycles. The molecule has 0 aromatic carbocycles. The molecule has 0 unspecified atom stereocenters. The van der Waals surface area contributed by atoms with E-state index in [1.54, 1.807) is 18.7 Å². The summed E-state index contributed by atoms with van der Waals surface area (Å²) in [4.78, 5) is 38.9. The number of nitrogens with one attached hydrogen (secondary N) is 1. The molecule has 0 aromatic rings. The fourth-order valence-electron chi connectivity index (χ4n) is 3.72. The van der Waals surface area contributed by atoms with Crippen molar-refractivity contribution in [1.29, 1.82) is 0 Å². The molecular weight excluding hydrogens is 376 g/mol. The van der Waals surface area contributed by atoms with Gasteiger partial charge in [-0.1, -0.05) is 19.3 Å². The van der Waals surface area contributed by atoms with Crippen LogP contribution in [0.4, 0.5) is 9.59 Å². The lowest BCUT2D eigenvalue weighted by atomic mass is 9.81. The smallest absolute Gasteiger partial charge is 0.410 e. The first-order chi connectivity index (χ1) is 13.5. The maximum Gasteiger partial charge on any atom is 0.410 e. The Kier molecular flexibility index (Phi) is 7.77. The van der Waals surface area contributed by atoms with Crippen LogP contribution in [0.3, 0.4) is 0 Å². The lowest BCUT2D eigenvalue weighted by molar-refractivity contribution is -0.157. The summed E-state index contributed by atoms with van der Waals surface area (Å²) in [5, 5.41) is 2.81. The molecular formula is C21H36N2O6. The third-order valence-electron chi connectivity index (χ3n) is 5.15. The molecule has 2 amide bonds. The van der Waals surface area contributed by atoms with E-state index in [0.717, 1.165) is 19.3 Å². The molecule has 0 atom stereocenters. The Morgan fingerprint density at radius 3 is 2.14 bits per heavy atom. The Morgan fingerprint density at radius 1 is 1.03 bits per heavy atom. The van der Waals surface area contributed by atoms with Gasteiger partial charge in [0.05, 0.1) is 6.10 Å². The van der Waals surface area contributed by atoms with E-state index in [2.05, 4.69) is 5.32 Å². The Balaban J connectivity index is 1.86. The molecule has 166 valence electrons. The van der Waals surface area contributed by atoms with E-state index in [1.807, 2.05) is 20.8 Å². The van der Waals surface area contributed by atoms with E-state index in [4.69, 9.17) is 14.2 Å². The number of hydrogen-bond donors (Lipinski definition) is 1. The standard InChI is InChI=1S/C21H36N2O6/c1-15(2)27-17(24)21(11-7-6-8-12-21)22-18(25)28-16-9-13-23(14-10-16)19(26)29-20(3,4)5/h15-16H,6-14H2,1-5H3,(H,22,25). The van der Waals surface area contributed by atoms with Gasteiger partial charge in [-0.05, 0) is 47.5 Å². The maximum absolute atomic E-state index is 12.6. The number of likely N-dealkylation sites (tertiary alicyclic amines) is 1. The zero-order chi connectivity index (χ0) is 21.7. The van der Waals surface area contributed by atoms with E-state index in [9.17, 15) is 14.4 Å². The van der Waals surface area contributed by atoms with Crippen LogP contribution in [0.15, 0.2) is 0 Å². The van der Waals surface area contributed by atoms with E-state index >= 15 is 0 Å². The maximum atomic E-state index is 12.6. The summed E-state index contributed by atoms with van der Waals surface area (Å²) in [6.45, 7) is 10.0. The average Bonchev–Trinajstić information content (AvgIpc) is 2.61. The number of hydrogen-bond acceptors (Lipinski definition) is 6. The van der Waals surface area contributed by atoms with Crippen LogP contribution < -0.4 is 5.32 Å². The molecule has 0 aromatic heterocycles. The fraction of sp³-hybridized carbons (Fsp3) is 0.857. The minimum Gasteiger partial charge on any atom is -0.461 e. The van der Waals surface area contributed by atoms with Gasteiger partial charge in [-0.15, -0.1) is 0 Å². The number of rotatable bonds is 4. The van der Waals surface area contributed by atoms with E-state index in [1.165, 1.54) is 0 Å². The largest absolute Gasteiger partial charge is 0.461 e. The third-order valence-corrected chi connectivity index (χ3v) is 5.15. The molecule has 1 heterocycles. The van der Waals surface area contributed by atoms with Crippen LogP contribution in [0.1, 0.15) is 79.6 Å². The van der Waals surface area contributed by atoms with Crippen molar-refractivity contribution >= 4 is 18.2 Å². The normalized spacial score (nSPS) is 20.1. The third kappa shape index (κ3) is 7.08. The predicted octanol–water partition coefficient (Wildman–Crippen LogP) is 3.77. The number of piperidine rings is 1. The van der Waals surface area contributed by atoms with Crippen LogP contribution >= 0.6 is 0 Å². The SMILES string of the molecule is CC(C)OC(=O)C1(NC(=O)OC2CCN(C(=O)OC(C)(C)C)CC2)CCCCC1. The predicted molar refractivity (Wildman–Crippen MR) is 107 cm³/mol. The second kappa shape index (κ2) is 9.67. The van der Waals surface area contributed by atoms with Gasteiger partial charge in [-0.2, -0.15) is 0 Å². The molecule has 29 heavy (non-hydrogen) atoms. The number of esters is 1. The van der Waals surface area contributed by atoms with Crippen LogP contribution in [0.2, 0.25) is 0 Å². The molecule has 2 fully saturated rings. The number of amides is 2. The highest BCUT2D eigenvalue weighted by Crippen LogP contribution is 2.30. The van der Waals surface area contributed by atoms with Crippen molar-refractivity contribution in [3.63, 3.8) is 0 Å². The molecule has 1 aliphatic heterocycles. The van der Waals surface area contributed by atoms with Crippen molar-refractivity contribution < 1.29 is 28.6 Å². The first-order valence-electron chi connectivity index (χ1n) is 10.7. The zero-order valence-corrected chi connectivity index (χ0v) is 18.4. The molecule has 1 aliphatic carbocycles. The molecule has 2 aliphatic rings. The van der Waals surface area contributed by atoms with Crippen molar-refractivity contribution in [2.75, 3.05) is 13.1 Å². The number of nitrogens with zero attached hydrogens (tertiary/aromatic N) is 1. The van der Waals surface area contributed by atoms with Crippen molar-refractivity contribution in [3.05, 3.63) is 0 Å². The second-order valence-electron chi connectivity index (χ2n) is 9.29. The summed E-state index contributed by atoms with van der Waals surface area (Å²) in [6, 6.07) is 0. The van der Waals surface area contributed by atoms with Gasteiger partial charge in [0.2, 0.25) is 0 Å². The van der Waals surface area contributed by atoms with Gasteiger partial charge >= 0.3 is 18.2 Å². The monoisotopic (exact) mass is 412 g/mol. The molecule has 0 radical (unpaired) electrons. The lowest BCUT2D eigenvalue weighted by Gasteiger charge is -2.37. The molecule has 2 rings (SSSR count). The Labute approximate surface area is 173 Å². The number of carbonyl (C=O) groups excluding carboxylic acids is 3. The summed E-state index contributed by atoms with van der Waals surface area (Å²) in [6.07, 6.45) is 3.48. The lowest BCUT2D eigenvalue weighted by Crippen LogP contribution is -2.57. The van der Waals surface area contributed by atoms with Gasteiger partial charge in [0.15, 0.2) is 0 Å². The second-order valence-corrected chi connectivity index (χ2v) is 9.29. The topological polar surface area (TPSA) is 94.2 Å². The molecule has 0 bridgehead atoms. The van der Waals surface area contributed by atoms with Crippen LogP contribution in [0.5, 0.6) is 0 Å². The van der Waals surface area contributed by atoms with Crippen LogP contribution in [-0.2, 0) is 19.0 Å². The van der Waals surface area contributed by atoms with E-state index in [-0.39, 0.29) is 24.3 Å². The fourth-order valence-corrected chi connectivity index (χ4v) is 3.72. The van der Waals surface area contributed by atoms with Crippen LogP contribution in [-0.4, -0.2) is 59.5 Å². The van der Waals surface area contributed by atoms with Gasteiger partial charge in [0, 0.05) is 25.9 Å². The Bertz CT molecular complexity index is 584. The minimum atomic E-state index is -1.00. The van der Waals surface area contributed by atoms with Gasteiger partial charge in [-0.25, -0.2) is 14.4 Å². The highest BCUT2D eigenvalue weighted by atomic mass is 16.6. The summed E-state index contributed by atoms with van der Waals surface area (Å²) in [7, 11) is 0. The van der Waals surface area contributed by atoms with Gasteiger partial charge in [-0.3, -0.25) is 0 Å². The van der Waals surface area contributed by atoms with Crippen molar-refractivity contribution in [3.8, 4) is 0 Å². The molecule has 1 N–H and O–H groups in total. The average molecular weight is 413 g/mol. The van der Waals surface area contributed by atoms with Gasteiger partial charge in [0.25, 0.3) is 0 Å². The minimum absolute atomic E-state index is 0.240. The summed E-state index contributed by atoms with van der Waals surface area (Å²) >= 11 is 0. The highest BCUT2D eigenvalue weighted by molar-refractivity contribution is 5.86. The van der Waals surface area contributed by atoms with E-state index in [0.29, 0.717) is 38.8 Å². The van der Waals surface area contributed by atoms with E-state index < -0.39 is 17.2 Å². The Hall–Kier alpha value is -1.99. The number of carbonyl (C=O) groups is 3. The quantitative estimate of drug-likeness (QED) is 0.558. The first-order valence-corrected chi connectivity index (χ1v) is 10.7. The molecule has 1 saturated carbocycles. The highest BCUT2D eigenvalue weighted by Gasteiger charge is 2.43. The summed E-state index contributed by atoms with van der Waals surface area (Å²) in [5.74, 6) is -0.385.